The molecule has 0 atom stereocenters. The van der Waals surface area contributed by atoms with Gasteiger partial charge in [-0.15, -0.1) is 5.10 Å². The average Bonchev–Trinajstić information content (AvgIpc) is 3.24. The number of likely N-dealkylation sites (N-methyl/N-ethyl adjacent to an activating group) is 1. The van der Waals surface area contributed by atoms with Crippen molar-refractivity contribution in [2.75, 3.05) is 32.5 Å². The highest BCUT2D eigenvalue weighted by atomic mass is 16.5. The van der Waals surface area contributed by atoms with Gasteiger partial charge < -0.3 is 19.8 Å². The topological polar surface area (TPSA) is 98.9 Å². The Kier molecular flexibility index (Phi) is 4.48. The van der Waals surface area contributed by atoms with Crippen LogP contribution < -0.4 is 5.73 Å². The minimum absolute atomic E-state index is 0.127. The van der Waals surface area contributed by atoms with E-state index in [1.807, 2.05) is 6.92 Å². The minimum Gasteiger partial charge on any atom is -0.461 e. The van der Waals surface area contributed by atoms with E-state index in [-0.39, 0.29) is 5.91 Å². The number of hydrogen-bond donors (Lipinski definition) is 1. The molecule has 0 bridgehead atoms. The quantitative estimate of drug-likeness (QED) is 0.739. The van der Waals surface area contributed by atoms with E-state index in [4.69, 9.17) is 14.9 Å². The van der Waals surface area contributed by atoms with E-state index in [1.165, 1.54) is 4.52 Å². The number of nitrogens with two attached hydrogens (primary N) is 1. The lowest BCUT2D eigenvalue weighted by atomic mass is 10.2. The monoisotopic (exact) mass is 329 g/mol. The molecule has 0 aliphatic rings. The van der Waals surface area contributed by atoms with Crippen molar-refractivity contribution in [3.8, 4) is 11.6 Å². The Morgan fingerprint density at radius 3 is 3.00 bits per heavy atom. The van der Waals surface area contributed by atoms with E-state index in [1.54, 1.807) is 42.7 Å². The maximum atomic E-state index is 12.6. The standard InChI is InChI=1S/C16H19N5O3/c1-3-20(6-8-23-2)16(22)11-9-12(17)15-18-14(19-21(15)10-11)13-5-4-7-24-13/h4-5,7,9-10H,3,6,8,17H2,1-2H3. The number of ether oxygens (including phenoxy) is 1. The number of nitrogens with zero attached hydrogens (tertiary/aromatic N) is 4. The Bertz CT molecular complexity index is 841. The fourth-order valence-corrected chi connectivity index (χ4v) is 2.43. The predicted octanol–water partition coefficient (Wildman–Crippen LogP) is 1.68. The largest absolute Gasteiger partial charge is 0.461 e. The summed E-state index contributed by atoms with van der Waals surface area (Å²) in [5.74, 6) is 0.836. The summed E-state index contributed by atoms with van der Waals surface area (Å²) >= 11 is 0. The summed E-state index contributed by atoms with van der Waals surface area (Å²) in [5.41, 5.74) is 7.37. The first-order valence-electron chi connectivity index (χ1n) is 7.62. The molecular weight excluding hydrogens is 310 g/mol. The Labute approximate surface area is 138 Å². The van der Waals surface area contributed by atoms with Crippen molar-refractivity contribution in [2.24, 2.45) is 0 Å². The molecular formula is C16H19N5O3. The molecule has 3 rings (SSSR count). The van der Waals surface area contributed by atoms with Gasteiger partial charge in [-0.3, -0.25) is 4.79 Å². The van der Waals surface area contributed by atoms with Crippen molar-refractivity contribution in [3.05, 3.63) is 36.2 Å². The first-order valence-corrected chi connectivity index (χ1v) is 7.62. The third-order valence-electron chi connectivity index (χ3n) is 3.68. The van der Waals surface area contributed by atoms with Gasteiger partial charge in [0.25, 0.3) is 5.91 Å². The molecule has 3 aromatic heterocycles. The molecule has 0 radical (unpaired) electrons. The van der Waals surface area contributed by atoms with E-state index < -0.39 is 0 Å². The van der Waals surface area contributed by atoms with Crippen molar-refractivity contribution < 1.29 is 13.9 Å². The number of aromatic nitrogens is 3. The number of anilines is 1. The summed E-state index contributed by atoms with van der Waals surface area (Å²) in [7, 11) is 1.61. The first kappa shape index (κ1) is 16.0. The Hall–Kier alpha value is -2.87. The summed E-state index contributed by atoms with van der Waals surface area (Å²) < 4.78 is 11.8. The minimum atomic E-state index is -0.127. The van der Waals surface area contributed by atoms with Crippen LogP contribution in [-0.4, -0.2) is 52.2 Å². The second-order valence-electron chi connectivity index (χ2n) is 5.24. The molecule has 8 heteroatoms. The third kappa shape index (κ3) is 2.95. The number of carbonyl (C=O) groups excluding carboxylic acids is 1. The van der Waals surface area contributed by atoms with Gasteiger partial charge in [0, 0.05) is 26.4 Å². The Balaban J connectivity index is 1.96. The van der Waals surface area contributed by atoms with Crippen LogP contribution >= 0.6 is 0 Å². The second-order valence-corrected chi connectivity index (χ2v) is 5.24. The van der Waals surface area contributed by atoms with Crippen LogP contribution in [0.1, 0.15) is 17.3 Å². The van der Waals surface area contributed by atoms with Gasteiger partial charge in [-0.2, -0.15) is 0 Å². The maximum Gasteiger partial charge on any atom is 0.255 e. The van der Waals surface area contributed by atoms with Crippen molar-refractivity contribution in [2.45, 2.75) is 6.92 Å². The van der Waals surface area contributed by atoms with Crippen LogP contribution in [0.15, 0.2) is 35.1 Å². The lowest BCUT2D eigenvalue weighted by molar-refractivity contribution is 0.0706. The number of pyridine rings is 1. The zero-order valence-corrected chi connectivity index (χ0v) is 13.6. The predicted molar refractivity (Wildman–Crippen MR) is 88.6 cm³/mol. The van der Waals surface area contributed by atoms with Gasteiger partial charge in [0.05, 0.1) is 24.1 Å². The van der Waals surface area contributed by atoms with Crippen molar-refractivity contribution in [3.63, 3.8) is 0 Å². The van der Waals surface area contributed by atoms with Crippen LogP contribution in [0.4, 0.5) is 5.69 Å². The first-order chi connectivity index (χ1) is 11.6. The van der Waals surface area contributed by atoms with E-state index >= 15 is 0 Å². The highest BCUT2D eigenvalue weighted by molar-refractivity contribution is 5.95. The molecule has 0 fully saturated rings. The third-order valence-corrected chi connectivity index (χ3v) is 3.68. The number of methoxy groups -OCH3 is 1. The van der Waals surface area contributed by atoms with Gasteiger partial charge in [0.1, 0.15) is 0 Å². The van der Waals surface area contributed by atoms with Gasteiger partial charge in [-0.25, -0.2) is 9.50 Å². The van der Waals surface area contributed by atoms with Crippen molar-refractivity contribution in [1.82, 2.24) is 19.5 Å². The maximum absolute atomic E-state index is 12.6. The molecule has 8 nitrogen and oxygen atoms in total. The molecule has 126 valence electrons. The fourth-order valence-electron chi connectivity index (χ4n) is 2.43. The second kappa shape index (κ2) is 6.71. The molecule has 0 spiro atoms. The number of carbonyl (C=O) groups is 1. The molecule has 1 amide bonds. The molecule has 0 unspecified atom stereocenters. The number of fused-ring (bicyclic) bond motifs is 1. The fraction of sp³-hybridized carbons (Fsp3) is 0.312. The summed E-state index contributed by atoms with van der Waals surface area (Å²) in [6, 6.07) is 5.14. The number of hydrogen-bond acceptors (Lipinski definition) is 6. The van der Waals surface area contributed by atoms with Gasteiger partial charge in [0.15, 0.2) is 11.4 Å². The molecule has 0 aliphatic heterocycles. The van der Waals surface area contributed by atoms with Crippen LogP contribution in [-0.2, 0) is 4.74 Å². The summed E-state index contributed by atoms with van der Waals surface area (Å²) in [6.45, 7) is 3.48. The summed E-state index contributed by atoms with van der Waals surface area (Å²) in [6.07, 6.45) is 3.18. The lowest BCUT2D eigenvalue weighted by Crippen LogP contribution is -2.33. The number of rotatable bonds is 6. The van der Waals surface area contributed by atoms with Gasteiger partial charge in [-0.05, 0) is 25.1 Å². The summed E-state index contributed by atoms with van der Waals surface area (Å²) in [4.78, 5) is 18.7. The van der Waals surface area contributed by atoms with Crippen LogP contribution in [0.25, 0.3) is 17.2 Å². The van der Waals surface area contributed by atoms with Crippen molar-refractivity contribution in [1.29, 1.82) is 0 Å². The van der Waals surface area contributed by atoms with Gasteiger partial charge >= 0.3 is 0 Å². The molecule has 24 heavy (non-hydrogen) atoms. The molecule has 3 heterocycles. The van der Waals surface area contributed by atoms with E-state index in [2.05, 4.69) is 10.1 Å². The van der Waals surface area contributed by atoms with E-state index in [0.717, 1.165) is 0 Å². The van der Waals surface area contributed by atoms with Gasteiger partial charge in [-0.1, -0.05) is 0 Å². The Morgan fingerprint density at radius 2 is 2.33 bits per heavy atom. The molecule has 2 N–H and O–H groups in total. The molecule has 0 aromatic carbocycles. The molecule has 0 saturated carbocycles. The van der Waals surface area contributed by atoms with Gasteiger partial charge in [0.2, 0.25) is 5.82 Å². The molecule has 0 saturated heterocycles. The molecule has 0 aliphatic carbocycles. The Morgan fingerprint density at radius 1 is 1.50 bits per heavy atom. The van der Waals surface area contributed by atoms with Crippen LogP contribution in [0.3, 0.4) is 0 Å². The lowest BCUT2D eigenvalue weighted by Gasteiger charge is -2.20. The van der Waals surface area contributed by atoms with E-state index in [0.29, 0.717) is 48.2 Å². The zero-order valence-electron chi connectivity index (χ0n) is 13.6. The SMILES string of the molecule is CCN(CCOC)C(=O)c1cc(N)c2nc(-c3ccco3)nn2c1. The van der Waals surface area contributed by atoms with Crippen LogP contribution in [0.5, 0.6) is 0 Å². The number of nitrogen functional groups attached to an aromatic ring is 1. The molecule has 3 aromatic rings. The highest BCUT2D eigenvalue weighted by Gasteiger charge is 2.18. The van der Waals surface area contributed by atoms with Crippen LogP contribution in [0.2, 0.25) is 0 Å². The van der Waals surface area contributed by atoms with Crippen molar-refractivity contribution >= 4 is 17.2 Å². The van der Waals surface area contributed by atoms with Crippen LogP contribution in [0, 0.1) is 0 Å². The highest BCUT2D eigenvalue weighted by Crippen LogP contribution is 2.21. The normalized spacial score (nSPS) is 11.1. The van der Waals surface area contributed by atoms with E-state index in [9.17, 15) is 4.79 Å². The number of amides is 1. The average molecular weight is 329 g/mol. The zero-order chi connectivity index (χ0) is 17.1. The smallest absolute Gasteiger partial charge is 0.255 e. The summed E-state index contributed by atoms with van der Waals surface area (Å²) in [5, 5.41) is 4.34. The number of furan rings is 1.